The van der Waals surface area contributed by atoms with E-state index in [-0.39, 0.29) is 5.78 Å². The van der Waals surface area contributed by atoms with Crippen LogP contribution in [0.5, 0.6) is 0 Å². The van der Waals surface area contributed by atoms with Gasteiger partial charge >= 0.3 is 0 Å². The maximum atomic E-state index is 12.0. The lowest BCUT2D eigenvalue weighted by atomic mass is 10.1. The van der Waals surface area contributed by atoms with Crippen molar-refractivity contribution in [3.63, 3.8) is 0 Å². The minimum Gasteiger partial charge on any atom is -0.334 e. The number of carbonyl (C=O) groups excluding carboxylic acids is 1. The van der Waals surface area contributed by atoms with Gasteiger partial charge in [-0.15, -0.1) is 0 Å². The van der Waals surface area contributed by atoms with Crippen LogP contribution in [0.25, 0.3) is 0 Å². The van der Waals surface area contributed by atoms with Crippen molar-refractivity contribution >= 4 is 5.78 Å². The molecule has 0 N–H and O–H groups in total. The molecule has 1 aromatic carbocycles. The molecule has 1 heterocycles. The van der Waals surface area contributed by atoms with Crippen molar-refractivity contribution < 1.29 is 4.79 Å². The molecule has 0 unspecified atom stereocenters. The van der Waals surface area contributed by atoms with Crippen LogP contribution < -0.4 is 0 Å². The number of rotatable bonds is 6. The molecule has 0 bridgehead atoms. The van der Waals surface area contributed by atoms with Crippen molar-refractivity contribution in [3.05, 3.63) is 54.1 Å². The van der Waals surface area contributed by atoms with Gasteiger partial charge in [-0.1, -0.05) is 37.3 Å². The fourth-order valence-corrected chi connectivity index (χ4v) is 1.99. The molecule has 1 aromatic heterocycles. The molecule has 0 aliphatic carbocycles. The van der Waals surface area contributed by atoms with Crippen molar-refractivity contribution in [3.8, 4) is 0 Å². The van der Waals surface area contributed by atoms with Gasteiger partial charge in [0.15, 0.2) is 5.78 Å². The van der Waals surface area contributed by atoms with Gasteiger partial charge in [-0.3, -0.25) is 4.79 Å². The molecule has 94 valence electrons. The van der Waals surface area contributed by atoms with Gasteiger partial charge in [0, 0.05) is 37.3 Å². The number of aromatic nitrogens is 2. The van der Waals surface area contributed by atoms with Gasteiger partial charge < -0.3 is 4.57 Å². The summed E-state index contributed by atoms with van der Waals surface area (Å²) in [6.45, 7) is 2.84. The fourth-order valence-electron chi connectivity index (χ4n) is 1.99. The molecule has 0 amide bonds. The zero-order chi connectivity index (χ0) is 12.8. The molecule has 0 saturated heterocycles. The number of nitrogens with zero attached hydrogens (tertiary/aromatic N) is 2. The summed E-state index contributed by atoms with van der Waals surface area (Å²) in [5.41, 5.74) is 0.787. The van der Waals surface area contributed by atoms with Gasteiger partial charge in [0.05, 0.1) is 0 Å². The summed E-state index contributed by atoms with van der Waals surface area (Å²) in [6.07, 6.45) is 6.31. The number of hydrogen-bond donors (Lipinski definition) is 0. The first kappa shape index (κ1) is 12.6. The molecule has 3 nitrogen and oxygen atoms in total. The van der Waals surface area contributed by atoms with E-state index in [4.69, 9.17) is 0 Å². The second kappa shape index (κ2) is 6.15. The lowest BCUT2D eigenvalue weighted by Gasteiger charge is -2.06. The van der Waals surface area contributed by atoms with E-state index in [0.29, 0.717) is 13.0 Å². The Hall–Kier alpha value is -1.90. The van der Waals surface area contributed by atoms with Crippen LogP contribution in [0.2, 0.25) is 0 Å². The Bertz CT molecular complexity index is 502. The number of ketones is 1. The third-order valence-corrected chi connectivity index (χ3v) is 2.95. The monoisotopic (exact) mass is 242 g/mol. The largest absolute Gasteiger partial charge is 0.334 e. The summed E-state index contributed by atoms with van der Waals surface area (Å²) in [5.74, 6) is 1.25. The number of hydrogen-bond acceptors (Lipinski definition) is 2. The summed E-state index contributed by atoms with van der Waals surface area (Å²) in [5, 5.41) is 0. The number of aryl methyl sites for hydroxylation is 2. The smallest absolute Gasteiger partial charge is 0.164 e. The van der Waals surface area contributed by atoms with Crippen LogP contribution in [0, 0.1) is 0 Å². The highest BCUT2D eigenvalue weighted by Crippen LogP contribution is 2.07. The second-order valence-corrected chi connectivity index (χ2v) is 4.33. The quantitative estimate of drug-likeness (QED) is 0.729. The highest BCUT2D eigenvalue weighted by molar-refractivity contribution is 5.95. The first-order chi connectivity index (χ1) is 8.81. The SMILES string of the molecule is CCCc1nccn1CCC(=O)c1ccccc1. The molecule has 0 aliphatic heterocycles. The fraction of sp³-hybridized carbons (Fsp3) is 0.333. The first-order valence-corrected chi connectivity index (χ1v) is 6.39. The van der Waals surface area contributed by atoms with Crippen LogP contribution in [0.15, 0.2) is 42.7 Å². The van der Waals surface area contributed by atoms with Crippen LogP contribution in [-0.2, 0) is 13.0 Å². The number of carbonyl (C=O) groups is 1. The van der Waals surface area contributed by atoms with E-state index in [2.05, 4.69) is 16.5 Å². The molecular formula is C15H18N2O. The van der Waals surface area contributed by atoms with E-state index in [1.807, 2.05) is 36.5 Å². The topological polar surface area (TPSA) is 34.9 Å². The minimum absolute atomic E-state index is 0.187. The van der Waals surface area contributed by atoms with Crippen LogP contribution in [0.4, 0.5) is 0 Å². The molecule has 2 rings (SSSR count). The van der Waals surface area contributed by atoms with Crippen LogP contribution in [-0.4, -0.2) is 15.3 Å². The van der Waals surface area contributed by atoms with E-state index in [0.717, 1.165) is 24.2 Å². The molecule has 0 radical (unpaired) electrons. The Balaban J connectivity index is 1.95. The molecule has 18 heavy (non-hydrogen) atoms. The summed E-state index contributed by atoms with van der Waals surface area (Å²) < 4.78 is 2.07. The highest BCUT2D eigenvalue weighted by Gasteiger charge is 2.07. The van der Waals surface area contributed by atoms with E-state index < -0.39 is 0 Å². The van der Waals surface area contributed by atoms with Crippen molar-refractivity contribution in [1.82, 2.24) is 9.55 Å². The number of benzene rings is 1. The molecule has 3 heteroatoms. The standard InChI is InChI=1S/C15H18N2O/c1-2-6-15-16-10-12-17(15)11-9-14(18)13-7-4-3-5-8-13/h3-5,7-8,10,12H,2,6,9,11H2,1H3. The molecular weight excluding hydrogens is 224 g/mol. The number of Topliss-reactive ketones (excluding diaryl/α,β-unsaturated/α-hetero) is 1. The lowest BCUT2D eigenvalue weighted by molar-refractivity contribution is 0.0977. The Morgan fingerprint density at radius 2 is 2.06 bits per heavy atom. The van der Waals surface area contributed by atoms with E-state index >= 15 is 0 Å². The van der Waals surface area contributed by atoms with Crippen LogP contribution >= 0.6 is 0 Å². The summed E-state index contributed by atoms with van der Waals surface area (Å²) in [7, 11) is 0. The molecule has 0 aliphatic rings. The zero-order valence-corrected chi connectivity index (χ0v) is 10.7. The molecule has 0 spiro atoms. The molecule has 0 fully saturated rings. The Kier molecular flexibility index (Phi) is 4.29. The maximum Gasteiger partial charge on any atom is 0.164 e. The average Bonchev–Trinajstić information content (AvgIpc) is 2.85. The van der Waals surface area contributed by atoms with Crippen molar-refractivity contribution in [1.29, 1.82) is 0 Å². The summed E-state index contributed by atoms with van der Waals surface area (Å²) >= 11 is 0. The Labute approximate surface area is 107 Å². The Morgan fingerprint density at radius 1 is 1.28 bits per heavy atom. The second-order valence-electron chi connectivity index (χ2n) is 4.33. The van der Waals surface area contributed by atoms with Gasteiger partial charge in [0.25, 0.3) is 0 Å². The minimum atomic E-state index is 0.187. The predicted octanol–water partition coefficient (Wildman–Crippen LogP) is 3.11. The normalized spacial score (nSPS) is 10.5. The molecule has 2 aromatic rings. The van der Waals surface area contributed by atoms with Crippen molar-refractivity contribution in [2.75, 3.05) is 0 Å². The summed E-state index contributed by atoms with van der Waals surface area (Å²) in [6, 6.07) is 9.44. The van der Waals surface area contributed by atoms with E-state index in [9.17, 15) is 4.79 Å². The first-order valence-electron chi connectivity index (χ1n) is 6.39. The Morgan fingerprint density at radius 3 is 2.78 bits per heavy atom. The average molecular weight is 242 g/mol. The predicted molar refractivity (Wildman–Crippen MR) is 71.6 cm³/mol. The third-order valence-electron chi connectivity index (χ3n) is 2.95. The van der Waals surface area contributed by atoms with Crippen LogP contribution in [0.1, 0.15) is 35.9 Å². The van der Waals surface area contributed by atoms with Gasteiger partial charge in [-0.25, -0.2) is 4.98 Å². The summed E-state index contributed by atoms with van der Waals surface area (Å²) in [4.78, 5) is 16.3. The van der Waals surface area contributed by atoms with Gasteiger partial charge in [0.1, 0.15) is 5.82 Å². The molecule has 0 atom stereocenters. The maximum absolute atomic E-state index is 12.0. The van der Waals surface area contributed by atoms with Gasteiger partial charge in [-0.2, -0.15) is 0 Å². The van der Waals surface area contributed by atoms with E-state index in [1.54, 1.807) is 6.20 Å². The van der Waals surface area contributed by atoms with Crippen molar-refractivity contribution in [2.24, 2.45) is 0 Å². The molecule has 0 saturated carbocycles. The third kappa shape index (κ3) is 3.06. The lowest BCUT2D eigenvalue weighted by Crippen LogP contribution is -2.08. The highest BCUT2D eigenvalue weighted by atomic mass is 16.1. The van der Waals surface area contributed by atoms with E-state index in [1.165, 1.54) is 0 Å². The number of imidazole rings is 1. The zero-order valence-electron chi connectivity index (χ0n) is 10.7. The van der Waals surface area contributed by atoms with Crippen LogP contribution in [0.3, 0.4) is 0 Å². The van der Waals surface area contributed by atoms with Gasteiger partial charge in [-0.05, 0) is 6.42 Å². The van der Waals surface area contributed by atoms with Crippen molar-refractivity contribution in [2.45, 2.75) is 32.7 Å². The van der Waals surface area contributed by atoms with Gasteiger partial charge in [0.2, 0.25) is 0 Å².